The van der Waals surface area contributed by atoms with E-state index in [4.69, 9.17) is 9.47 Å². The normalized spacial score (nSPS) is 12.1. The summed E-state index contributed by atoms with van der Waals surface area (Å²) in [4.78, 5) is 2.18. The maximum atomic E-state index is 11.6. The Morgan fingerprint density at radius 3 is 1.76 bits per heavy atom. The number of methoxy groups -OCH3 is 2. The number of aromatic nitrogens is 1. The van der Waals surface area contributed by atoms with E-state index in [0.717, 1.165) is 61.5 Å². The van der Waals surface area contributed by atoms with Gasteiger partial charge >= 0.3 is 29.6 Å². The number of rotatable bonds is 10. The Hall–Kier alpha value is -3.79. The number of aryl methyl sites for hydroxylation is 1. The van der Waals surface area contributed by atoms with Crippen LogP contribution in [0.15, 0.2) is 115 Å². The zero-order valence-electron chi connectivity index (χ0n) is 25.8. The maximum Gasteiger partial charge on any atom is 1.00 e. The first-order valence-corrected chi connectivity index (χ1v) is 15.9. The Morgan fingerprint density at radius 2 is 1.22 bits per heavy atom. The van der Waals surface area contributed by atoms with Gasteiger partial charge < -0.3 is 23.5 Å². The van der Waals surface area contributed by atoms with Crippen molar-refractivity contribution in [3.63, 3.8) is 0 Å². The van der Waals surface area contributed by atoms with Crippen LogP contribution in [0.4, 0.5) is 17.1 Å². The van der Waals surface area contributed by atoms with Gasteiger partial charge in [-0.25, -0.2) is 8.42 Å². The molecule has 0 saturated carbocycles. The molecule has 0 aliphatic heterocycles. The minimum absolute atomic E-state index is 0. The van der Waals surface area contributed by atoms with Gasteiger partial charge in [-0.1, -0.05) is 42.5 Å². The number of ether oxygens (including phenoxy) is 2. The molecule has 0 radical (unpaired) electrons. The molecule has 0 aliphatic rings. The fraction of sp³-hybridized carbons (Fsp3) is 0.167. The van der Waals surface area contributed by atoms with Gasteiger partial charge in [-0.15, -0.1) is 0 Å². The van der Waals surface area contributed by atoms with E-state index in [1.165, 1.54) is 6.92 Å². The van der Waals surface area contributed by atoms with Crippen LogP contribution >= 0.6 is 0 Å². The molecule has 45 heavy (non-hydrogen) atoms. The van der Waals surface area contributed by atoms with Gasteiger partial charge in [0.1, 0.15) is 11.5 Å². The molecule has 1 aromatic heterocycles. The van der Waals surface area contributed by atoms with Crippen molar-refractivity contribution in [1.82, 2.24) is 4.57 Å². The van der Waals surface area contributed by atoms with Gasteiger partial charge in [0.25, 0.3) is 0 Å². The molecule has 0 fully saturated rings. The molecule has 0 spiro atoms. The number of nitrogens with zero attached hydrogens (tertiary/aromatic N) is 2. The number of para-hydroxylation sites is 1. The van der Waals surface area contributed by atoms with Crippen LogP contribution in [-0.4, -0.2) is 37.0 Å². The second kappa shape index (κ2) is 13.7. The standard InChI is InChI=1S/C36H34N2O5S.Na/c1-25(44(39,40)41)23-24-37-34-9-5-4-7-33(34)36-32(8-6-10-35(36)37)26-11-13-27(14-12-26)38(28-15-19-30(42-2)20-16-28)29-17-21-31(43-3)22-18-29;/h4-22,25H,23-24H2,1-3H3,(H,39,40,41);/q;+1/p-1. The fourth-order valence-corrected chi connectivity index (χ4v) is 6.13. The van der Waals surface area contributed by atoms with E-state index >= 15 is 0 Å². The van der Waals surface area contributed by atoms with Crippen LogP contribution in [0.3, 0.4) is 0 Å². The molecule has 0 bridgehead atoms. The molecule has 224 valence electrons. The Kier molecular flexibility index (Phi) is 9.91. The van der Waals surface area contributed by atoms with Crippen LogP contribution in [-0.2, 0) is 16.7 Å². The molecule has 0 aliphatic carbocycles. The molecule has 0 saturated heterocycles. The first kappa shape index (κ1) is 32.6. The number of anilines is 3. The Bertz CT molecular complexity index is 1980. The van der Waals surface area contributed by atoms with E-state index in [2.05, 4.69) is 51.9 Å². The first-order valence-electron chi connectivity index (χ1n) is 14.4. The number of hydrogen-bond acceptors (Lipinski definition) is 6. The molecule has 1 atom stereocenters. The molecule has 0 N–H and O–H groups in total. The number of hydrogen-bond donors (Lipinski definition) is 0. The van der Waals surface area contributed by atoms with E-state index in [9.17, 15) is 13.0 Å². The smallest absolute Gasteiger partial charge is 0.748 e. The van der Waals surface area contributed by atoms with Crippen molar-refractivity contribution < 1.29 is 52.0 Å². The third kappa shape index (κ3) is 6.61. The molecule has 0 amide bonds. The Morgan fingerprint density at radius 1 is 0.711 bits per heavy atom. The van der Waals surface area contributed by atoms with Crippen molar-refractivity contribution in [2.24, 2.45) is 0 Å². The molecule has 9 heteroatoms. The number of benzene rings is 5. The summed E-state index contributed by atoms with van der Waals surface area (Å²) in [5, 5.41) is 1.21. The molecular weight excluding hydrogens is 595 g/mol. The average molecular weight is 629 g/mol. The van der Waals surface area contributed by atoms with Crippen molar-refractivity contribution >= 4 is 49.0 Å². The van der Waals surface area contributed by atoms with Gasteiger partial charge in [-0.2, -0.15) is 0 Å². The van der Waals surface area contributed by atoms with Crippen molar-refractivity contribution in [2.75, 3.05) is 19.1 Å². The molecule has 6 aromatic rings. The van der Waals surface area contributed by atoms with Crippen LogP contribution in [0, 0.1) is 0 Å². The minimum Gasteiger partial charge on any atom is -0.748 e. The largest absolute Gasteiger partial charge is 1.00 e. The van der Waals surface area contributed by atoms with Crippen molar-refractivity contribution in [1.29, 1.82) is 0 Å². The average Bonchev–Trinajstić information content (AvgIpc) is 3.38. The zero-order chi connectivity index (χ0) is 30.8. The van der Waals surface area contributed by atoms with E-state index in [1.54, 1.807) is 14.2 Å². The van der Waals surface area contributed by atoms with Crippen LogP contribution in [0.2, 0.25) is 0 Å². The molecule has 7 nitrogen and oxygen atoms in total. The number of fused-ring (bicyclic) bond motifs is 3. The second-order valence-corrected chi connectivity index (χ2v) is 12.5. The SMILES string of the molecule is COc1ccc(N(c2ccc(OC)cc2)c2ccc(-c3cccc4c3c3ccccc3n4CCC(C)S(=O)(=O)[O-])cc2)cc1.[Na+]. The summed E-state index contributed by atoms with van der Waals surface area (Å²) in [7, 11) is -1.04. The monoisotopic (exact) mass is 628 g/mol. The quantitative estimate of drug-likeness (QED) is 0.152. The predicted octanol–water partition coefficient (Wildman–Crippen LogP) is 5.28. The van der Waals surface area contributed by atoms with Crippen molar-refractivity contribution in [2.45, 2.75) is 25.1 Å². The van der Waals surface area contributed by atoms with Gasteiger partial charge in [-0.05, 0) is 97.3 Å². The Labute approximate surface area is 286 Å². The van der Waals surface area contributed by atoms with E-state index in [0.29, 0.717) is 6.54 Å². The maximum absolute atomic E-state index is 11.6. The Balaban J connectivity index is 0.00000400. The van der Waals surface area contributed by atoms with Gasteiger partial charge in [-0.3, -0.25) is 0 Å². The minimum atomic E-state index is -4.35. The van der Waals surface area contributed by atoms with Crippen molar-refractivity contribution in [3.05, 3.63) is 115 Å². The van der Waals surface area contributed by atoms with Crippen molar-refractivity contribution in [3.8, 4) is 22.6 Å². The van der Waals surface area contributed by atoms with E-state index < -0.39 is 15.4 Å². The predicted molar refractivity (Wildman–Crippen MR) is 176 cm³/mol. The second-order valence-electron chi connectivity index (χ2n) is 10.7. The summed E-state index contributed by atoms with van der Waals surface area (Å²) in [5.41, 5.74) is 7.11. The fourth-order valence-electron chi connectivity index (χ4n) is 5.73. The third-order valence-electron chi connectivity index (χ3n) is 8.15. The van der Waals surface area contributed by atoms with Crippen LogP contribution in [0.25, 0.3) is 32.9 Å². The molecule has 5 aromatic carbocycles. The van der Waals surface area contributed by atoms with Crippen LogP contribution < -0.4 is 43.9 Å². The summed E-state index contributed by atoms with van der Waals surface area (Å²) in [6.07, 6.45) is 0.241. The van der Waals surface area contributed by atoms with Crippen LogP contribution in [0.1, 0.15) is 13.3 Å². The van der Waals surface area contributed by atoms with Gasteiger partial charge in [0.15, 0.2) is 0 Å². The summed E-state index contributed by atoms with van der Waals surface area (Å²) in [6.45, 7) is 1.90. The first-order chi connectivity index (χ1) is 21.3. The molecule has 1 unspecified atom stereocenters. The molecule has 1 heterocycles. The van der Waals surface area contributed by atoms with E-state index in [-0.39, 0.29) is 36.0 Å². The summed E-state index contributed by atoms with van der Waals surface area (Å²) < 4.78 is 47.7. The molecule has 6 rings (SSSR count). The summed E-state index contributed by atoms with van der Waals surface area (Å²) >= 11 is 0. The summed E-state index contributed by atoms with van der Waals surface area (Å²) in [5.74, 6) is 1.57. The zero-order valence-corrected chi connectivity index (χ0v) is 28.6. The van der Waals surface area contributed by atoms with Gasteiger partial charge in [0, 0.05) is 50.7 Å². The molecular formula is C36H33N2NaO5S. The third-order valence-corrected chi connectivity index (χ3v) is 9.37. The van der Waals surface area contributed by atoms with Gasteiger partial charge in [0.05, 0.1) is 24.3 Å². The topological polar surface area (TPSA) is 83.8 Å². The van der Waals surface area contributed by atoms with E-state index in [1.807, 2.05) is 72.8 Å². The summed E-state index contributed by atoms with van der Waals surface area (Å²) in [6, 6.07) is 38.7. The van der Waals surface area contributed by atoms with Crippen LogP contribution in [0.5, 0.6) is 11.5 Å². The van der Waals surface area contributed by atoms with Gasteiger partial charge in [0.2, 0.25) is 0 Å².